The topological polar surface area (TPSA) is 64.6 Å². The number of nitrogens with one attached hydrogen (secondary N) is 1. The highest BCUT2D eigenvalue weighted by atomic mass is 79.9. The zero-order valence-electron chi connectivity index (χ0n) is 15.4. The first-order chi connectivity index (χ1) is 13.5. The molecule has 0 aliphatic rings. The van der Waals surface area contributed by atoms with Gasteiger partial charge in [0.2, 0.25) is 0 Å². The Morgan fingerprint density at radius 2 is 1.54 bits per heavy atom. The molecular weight excluding hydrogens is 422 g/mol. The number of hydrogen-bond acceptors (Lipinski definition) is 4. The number of ether oxygens (including phenoxy) is 2. The average molecular weight is 440 g/mol. The van der Waals surface area contributed by atoms with Gasteiger partial charge in [-0.1, -0.05) is 46.3 Å². The van der Waals surface area contributed by atoms with Gasteiger partial charge in [-0.15, -0.1) is 0 Å². The van der Waals surface area contributed by atoms with Gasteiger partial charge in [0.05, 0.1) is 19.9 Å². The van der Waals surface area contributed by atoms with Crippen LogP contribution >= 0.6 is 15.9 Å². The molecule has 28 heavy (non-hydrogen) atoms. The fourth-order valence-electron chi connectivity index (χ4n) is 2.73. The van der Waals surface area contributed by atoms with Crippen LogP contribution in [0.3, 0.4) is 0 Å². The summed E-state index contributed by atoms with van der Waals surface area (Å²) in [5.41, 5.74) is 1.76. The first-order valence-corrected chi connectivity index (χ1v) is 9.25. The van der Waals surface area contributed by atoms with E-state index in [2.05, 4.69) is 21.2 Å². The summed E-state index contributed by atoms with van der Waals surface area (Å²) < 4.78 is 11.2. The Kier molecular flexibility index (Phi) is 6.11. The molecule has 0 aliphatic carbocycles. The van der Waals surface area contributed by atoms with Crippen molar-refractivity contribution in [2.45, 2.75) is 0 Å². The third-order valence-corrected chi connectivity index (χ3v) is 4.65. The molecule has 6 heteroatoms. The summed E-state index contributed by atoms with van der Waals surface area (Å²) in [6, 6.07) is 19.0. The van der Waals surface area contributed by atoms with Gasteiger partial charge in [0.1, 0.15) is 0 Å². The van der Waals surface area contributed by atoms with E-state index in [1.807, 2.05) is 6.07 Å². The fourth-order valence-corrected chi connectivity index (χ4v) is 3.09. The van der Waals surface area contributed by atoms with Crippen molar-refractivity contribution in [3.63, 3.8) is 0 Å². The molecule has 0 aliphatic heterocycles. The van der Waals surface area contributed by atoms with Gasteiger partial charge in [-0.2, -0.15) is 0 Å². The minimum atomic E-state index is -0.356. The quantitative estimate of drug-likeness (QED) is 0.551. The third-order valence-electron chi connectivity index (χ3n) is 4.16. The highest BCUT2D eigenvalue weighted by Crippen LogP contribution is 2.29. The Morgan fingerprint density at radius 1 is 0.821 bits per heavy atom. The summed E-state index contributed by atoms with van der Waals surface area (Å²) in [5.74, 6) is 0.448. The van der Waals surface area contributed by atoms with Gasteiger partial charge in [-0.25, -0.2) is 0 Å². The second-order valence-electron chi connectivity index (χ2n) is 5.91. The Balaban J connectivity index is 1.92. The Morgan fingerprint density at radius 3 is 2.21 bits per heavy atom. The monoisotopic (exact) mass is 439 g/mol. The molecule has 0 radical (unpaired) electrons. The lowest BCUT2D eigenvalue weighted by molar-refractivity contribution is 0.102. The zero-order chi connectivity index (χ0) is 20.1. The number of rotatable bonds is 6. The first-order valence-electron chi connectivity index (χ1n) is 8.46. The normalized spacial score (nSPS) is 10.2. The third kappa shape index (κ3) is 4.23. The molecule has 0 aromatic heterocycles. The summed E-state index contributed by atoms with van der Waals surface area (Å²) in [7, 11) is 3.03. The van der Waals surface area contributed by atoms with Crippen LogP contribution in [-0.2, 0) is 0 Å². The smallest absolute Gasteiger partial charge is 0.255 e. The first kappa shape index (κ1) is 19.6. The summed E-state index contributed by atoms with van der Waals surface area (Å²) in [4.78, 5) is 25.7. The molecule has 0 bridgehead atoms. The summed E-state index contributed by atoms with van der Waals surface area (Å²) in [6.45, 7) is 0. The number of anilines is 1. The van der Waals surface area contributed by atoms with Gasteiger partial charge >= 0.3 is 0 Å². The molecule has 0 saturated heterocycles. The van der Waals surface area contributed by atoms with E-state index in [0.717, 1.165) is 4.47 Å². The van der Waals surface area contributed by atoms with Crippen molar-refractivity contribution in [1.82, 2.24) is 0 Å². The minimum Gasteiger partial charge on any atom is -0.493 e. The number of benzene rings is 3. The van der Waals surface area contributed by atoms with Gasteiger partial charge in [0.25, 0.3) is 5.91 Å². The summed E-state index contributed by atoms with van der Waals surface area (Å²) >= 11 is 3.39. The number of amides is 1. The maximum atomic E-state index is 12.9. The number of halogens is 1. The second kappa shape index (κ2) is 8.71. The van der Waals surface area contributed by atoms with Crippen molar-refractivity contribution < 1.29 is 19.1 Å². The molecule has 3 rings (SSSR count). The summed E-state index contributed by atoms with van der Waals surface area (Å²) in [6.07, 6.45) is 0. The van der Waals surface area contributed by atoms with Gasteiger partial charge in [-0.3, -0.25) is 9.59 Å². The van der Waals surface area contributed by atoms with Crippen molar-refractivity contribution in [3.05, 3.63) is 87.9 Å². The Bertz CT molecular complexity index is 1020. The van der Waals surface area contributed by atoms with E-state index < -0.39 is 0 Å². The van der Waals surface area contributed by atoms with E-state index in [1.54, 1.807) is 60.7 Å². The number of ketones is 1. The highest BCUT2D eigenvalue weighted by molar-refractivity contribution is 9.10. The molecule has 0 heterocycles. The second-order valence-corrected chi connectivity index (χ2v) is 6.82. The van der Waals surface area contributed by atoms with Crippen LogP contribution in [-0.4, -0.2) is 25.9 Å². The molecule has 1 amide bonds. The molecule has 3 aromatic rings. The van der Waals surface area contributed by atoms with Gasteiger partial charge in [-0.05, 0) is 36.4 Å². The Labute approximate surface area is 171 Å². The van der Waals surface area contributed by atoms with Crippen molar-refractivity contribution in [1.29, 1.82) is 0 Å². The van der Waals surface area contributed by atoms with Crippen LogP contribution < -0.4 is 14.8 Å². The lowest BCUT2D eigenvalue weighted by Crippen LogP contribution is -2.15. The van der Waals surface area contributed by atoms with Crippen LogP contribution in [0, 0.1) is 0 Å². The maximum Gasteiger partial charge on any atom is 0.255 e. The molecule has 142 valence electrons. The van der Waals surface area contributed by atoms with E-state index in [-0.39, 0.29) is 11.7 Å². The van der Waals surface area contributed by atoms with Crippen molar-refractivity contribution in [2.75, 3.05) is 19.5 Å². The van der Waals surface area contributed by atoms with E-state index >= 15 is 0 Å². The average Bonchev–Trinajstić information content (AvgIpc) is 2.74. The van der Waals surface area contributed by atoms with Gasteiger partial charge in [0.15, 0.2) is 17.3 Å². The molecule has 0 saturated carbocycles. The number of methoxy groups -OCH3 is 2. The summed E-state index contributed by atoms with van der Waals surface area (Å²) in [5, 5.41) is 2.82. The number of carbonyl (C=O) groups is 2. The molecule has 0 unspecified atom stereocenters. The van der Waals surface area contributed by atoms with Crippen LogP contribution in [0.2, 0.25) is 0 Å². The van der Waals surface area contributed by atoms with Crippen LogP contribution in [0.5, 0.6) is 11.5 Å². The highest BCUT2D eigenvalue weighted by Gasteiger charge is 2.17. The molecule has 0 spiro atoms. The van der Waals surface area contributed by atoms with E-state index in [1.165, 1.54) is 14.2 Å². The fraction of sp³-hybridized carbons (Fsp3) is 0.0909. The van der Waals surface area contributed by atoms with Crippen LogP contribution in [0.15, 0.2) is 71.2 Å². The number of carbonyl (C=O) groups excluding carboxylic acids is 2. The largest absolute Gasteiger partial charge is 0.493 e. The van der Waals surface area contributed by atoms with Gasteiger partial charge < -0.3 is 14.8 Å². The van der Waals surface area contributed by atoms with E-state index in [9.17, 15) is 9.59 Å². The molecule has 0 fully saturated rings. The molecule has 0 atom stereocenters. The minimum absolute atomic E-state index is 0.176. The van der Waals surface area contributed by atoms with Crippen molar-refractivity contribution >= 4 is 33.3 Å². The van der Waals surface area contributed by atoms with Crippen molar-refractivity contribution in [2.24, 2.45) is 0 Å². The lowest BCUT2D eigenvalue weighted by Gasteiger charge is -2.13. The Hall–Kier alpha value is -3.12. The predicted octanol–water partition coefficient (Wildman–Crippen LogP) is 4.95. The van der Waals surface area contributed by atoms with Crippen molar-refractivity contribution in [3.8, 4) is 11.5 Å². The van der Waals surface area contributed by atoms with Crippen LogP contribution in [0.25, 0.3) is 0 Å². The SMILES string of the molecule is COc1ccc(C(=O)Nc2ccc(Br)cc2C(=O)c2ccccc2)cc1OC. The van der Waals surface area contributed by atoms with E-state index in [4.69, 9.17) is 9.47 Å². The molecule has 3 aromatic carbocycles. The number of hydrogen-bond donors (Lipinski definition) is 1. The standard InChI is InChI=1S/C22H18BrNO4/c1-27-19-11-8-15(12-20(19)28-2)22(26)24-18-10-9-16(23)13-17(18)21(25)14-6-4-3-5-7-14/h3-13H,1-2H3,(H,24,26). The van der Waals surface area contributed by atoms with Crippen LogP contribution in [0.4, 0.5) is 5.69 Å². The lowest BCUT2D eigenvalue weighted by atomic mass is 10.0. The molecular formula is C22H18BrNO4. The van der Waals surface area contributed by atoms with E-state index in [0.29, 0.717) is 33.9 Å². The molecule has 5 nitrogen and oxygen atoms in total. The molecule has 1 N–H and O–H groups in total. The van der Waals surface area contributed by atoms with Gasteiger partial charge in [0, 0.05) is 21.2 Å². The van der Waals surface area contributed by atoms with Crippen LogP contribution in [0.1, 0.15) is 26.3 Å². The predicted molar refractivity (Wildman–Crippen MR) is 112 cm³/mol. The zero-order valence-corrected chi connectivity index (χ0v) is 16.9. The maximum absolute atomic E-state index is 12.9.